The predicted molar refractivity (Wildman–Crippen MR) is 70.9 cm³/mol. The molecule has 5 nitrogen and oxygen atoms in total. The summed E-state index contributed by atoms with van der Waals surface area (Å²) < 4.78 is 7.05. The summed E-state index contributed by atoms with van der Waals surface area (Å²) in [6.45, 7) is 7.63. The lowest BCUT2D eigenvalue weighted by Gasteiger charge is -2.20. The Kier molecular flexibility index (Phi) is 4.01. The smallest absolute Gasteiger partial charge is 0.293 e. The van der Waals surface area contributed by atoms with E-state index in [-0.39, 0.29) is 17.6 Å². The van der Waals surface area contributed by atoms with Crippen LogP contribution in [0, 0.1) is 5.92 Å². The molecule has 2 atom stereocenters. The summed E-state index contributed by atoms with van der Waals surface area (Å²) in [6.07, 6.45) is 4.43. The first-order valence-corrected chi connectivity index (χ1v) is 6.51. The van der Waals surface area contributed by atoms with Crippen LogP contribution in [0.3, 0.4) is 0 Å². The van der Waals surface area contributed by atoms with Gasteiger partial charge in [-0.05, 0) is 27.2 Å². The van der Waals surface area contributed by atoms with E-state index in [1.807, 2.05) is 13.8 Å². The van der Waals surface area contributed by atoms with E-state index in [1.165, 1.54) is 0 Å². The Labute approximate surface area is 107 Å². The summed E-state index contributed by atoms with van der Waals surface area (Å²) >= 11 is 0. The number of anilines is 1. The van der Waals surface area contributed by atoms with Gasteiger partial charge in [0.2, 0.25) is 0 Å². The van der Waals surface area contributed by atoms with Crippen molar-refractivity contribution in [1.29, 1.82) is 0 Å². The molecule has 1 aliphatic heterocycles. The molecule has 0 bridgehead atoms. The molecule has 5 heteroatoms. The van der Waals surface area contributed by atoms with E-state index in [2.05, 4.69) is 17.2 Å². The molecule has 2 heterocycles. The summed E-state index contributed by atoms with van der Waals surface area (Å²) in [4.78, 5) is 16.3. The Balaban J connectivity index is 2.13. The van der Waals surface area contributed by atoms with Crippen LogP contribution in [-0.4, -0.2) is 28.8 Å². The summed E-state index contributed by atoms with van der Waals surface area (Å²) in [5.41, 5.74) is -0.0572. The molecule has 0 spiro atoms. The molecule has 1 saturated heterocycles. The molecular weight excluding hydrogens is 230 g/mol. The number of hydrogen-bond acceptors (Lipinski definition) is 4. The number of nitrogens with one attached hydrogen (secondary N) is 1. The molecule has 0 aromatic carbocycles. The van der Waals surface area contributed by atoms with Crippen LogP contribution in [0.4, 0.5) is 5.82 Å². The molecular formula is C13H21N3O2. The van der Waals surface area contributed by atoms with Gasteiger partial charge >= 0.3 is 0 Å². The Hall–Kier alpha value is -1.36. The van der Waals surface area contributed by atoms with E-state index in [9.17, 15) is 4.79 Å². The molecule has 0 aliphatic carbocycles. The third kappa shape index (κ3) is 2.72. The Morgan fingerprint density at radius 1 is 1.50 bits per heavy atom. The van der Waals surface area contributed by atoms with Gasteiger partial charge in [0.25, 0.3) is 5.56 Å². The molecule has 0 radical (unpaired) electrons. The monoisotopic (exact) mass is 251 g/mol. The average molecular weight is 251 g/mol. The van der Waals surface area contributed by atoms with Gasteiger partial charge in [-0.3, -0.25) is 4.79 Å². The van der Waals surface area contributed by atoms with Gasteiger partial charge in [-0.1, -0.05) is 0 Å². The molecule has 2 unspecified atom stereocenters. The Bertz CT molecular complexity index is 450. The first-order valence-electron chi connectivity index (χ1n) is 6.51. The summed E-state index contributed by atoms with van der Waals surface area (Å²) in [7, 11) is 0. The van der Waals surface area contributed by atoms with E-state index in [4.69, 9.17) is 4.74 Å². The van der Waals surface area contributed by atoms with Crippen LogP contribution in [0.15, 0.2) is 17.2 Å². The van der Waals surface area contributed by atoms with Gasteiger partial charge in [0.1, 0.15) is 0 Å². The average Bonchev–Trinajstić information content (AvgIpc) is 2.85. The highest BCUT2D eigenvalue weighted by Gasteiger charge is 2.23. The van der Waals surface area contributed by atoms with E-state index in [0.29, 0.717) is 11.7 Å². The van der Waals surface area contributed by atoms with Gasteiger partial charge in [0.05, 0.1) is 6.61 Å². The largest absolute Gasteiger partial charge is 0.381 e. The van der Waals surface area contributed by atoms with Gasteiger partial charge < -0.3 is 14.6 Å². The van der Waals surface area contributed by atoms with Crippen molar-refractivity contribution in [3.63, 3.8) is 0 Å². The molecule has 0 amide bonds. The summed E-state index contributed by atoms with van der Waals surface area (Å²) in [5.74, 6) is 0.893. The van der Waals surface area contributed by atoms with Gasteiger partial charge in [-0.25, -0.2) is 4.98 Å². The van der Waals surface area contributed by atoms with Crippen molar-refractivity contribution in [2.75, 3.05) is 18.5 Å². The number of ether oxygens (including phenoxy) is 1. The number of nitrogens with zero attached hydrogens (tertiary/aromatic N) is 2. The molecule has 1 aromatic rings. The summed E-state index contributed by atoms with van der Waals surface area (Å²) in [5, 5.41) is 3.22. The molecule has 18 heavy (non-hydrogen) atoms. The third-order valence-corrected chi connectivity index (χ3v) is 3.46. The second kappa shape index (κ2) is 5.52. The van der Waals surface area contributed by atoms with Crippen LogP contribution in [0.25, 0.3) is 0 Å². The molecule has 1 N–H and O–H groups in total. The van der Waals surface area contributed by atoms with Crippen LogP contribution in [-0.2, 0) is 4.74 Å². The van der Waals surface area contributed by atoms with Crippen molar-refractivity contribution >= 4 is 5.82 Å². The normalized spacial score (nSPS) is 21.2. The second-order valence-corrected chi connectivity index (χ2v) is 5.14. The van der Waals surface area contributed by atoms with Crippen LogP contribution < -0.4 is 10.9 Å². The van der Waals surface area contributed by atoms with Crippen molar-refractivity contribution in [2.45, 2.75) is 39.3 Å². The molecule has 1 fully saturated rings. The molecule has 0 saturated carbocycles. The number of rotatable bonds is 4. The Morgan fingerprint density at radius 3 is 2.89 bits per heavy atom. The van der Waals surface area contributed by atoms with E-state index < -0.39 is 0 Å². The summed E-state index contributed by atoms with van der Waals surface area (Å²) in [6, 6.07) is 0.349. The van der Waals surface area contributed by atoms with E-state index >= 15 is 0 Å². The molecule has 1 aromatic heterocycles. The maximum atomic E-state index is 12.2. The quantitative estimate of drug-likeness (QED) is 0.884. The van der Waals surface area contributed by atoms with Gasteiger partial charge in [-0.2, -0.15) is 0 Å². The van der Waals surface area contributed by atoms with Gasteiger partial charge in [0.15, 0.2) is 5.82 Å². The minimum absolute atomic E-state index is 0.0572. The Morgan fingerprint density at radius 2 is 2.28 bits per heavy atom. The lowest BCUT2D eigenvalue weighted by atomic mass is 10.0. The molecule has 1 aliphatic rings. The second-order valence-electron chi connectivity index (χ2n) is 5.14. The molecule has 2 rings (SSSR count). The maximum absolute atomic E-state index is 12.2. The van der Waals surface area contributed by atoms with E-state index in [1.54, 1.807) is 17.0 Å². The minimum Gasteiger partial charge on any atom is -0.381 e. The minimum atomic E-state index is -0.0572. The van der Waals surface area contributed by atoms with Crippen molar-refractivity contribution < 1.29 is 4.74 Å². The number of aromatic nitrogens is 2. The predicted octanol–water partition coefficient (Wildman–Crippen LogP) is 1.66. The van der Waals surface area contributed by atoms with Crippen LogP contribution >= 0.6 is 0 Å². The van der Waals surface area contributed by atoms with Crippen LogP contribution in [0.5, 0.6) is 0 Å². The number of hydrogen-bond donors (Lipinski definition) is 1. The van der Waals surface area contributed by atoms with Crippen molar-refractivity contribution in [3.8, 4) is 0 Å². The zero-order valence-electron chi connectivity index (χ0n) is 11.2. The topological polar surface area (TPSA) is 56.2 Å². The van der Waals surface area contributed by atoms with Gasteiger partial charge in [0, 0.05) is 37.0 Å². The highest BCUT2D eigenvalue weighted by molar-refractivity contribution is 5.32. The standard InChI is InChI=1S/C13H21N3O2/c1-9(2)16-6-5-14-12(13(16)17)15-10(3)11-4-7-18-8-11/h5-6,9-11H,4,7-8H2,1-3H3,(H,14,15). The fourth-order valence-electron chi connectivity index (χ4n) is 2.21. The lowest BCUT2D eigenvalue weighted by Crippen LogP contribution is -2.32. The zero-order chi connectivity index (χ0) is 13.1. The fraction of sp³-hybridized carbons (Fsp3) is 0.692. The SMILES string of the molecule is CC(Nc1nccn(C(C)C)c1=O)C1CCOC1. The lowest BCUT2D eigenvalue weighted by molar-refractivity contribution is 0.183. The van der Waals surface area contributed by atoms with Crippen LogP contribution in [0.1, 0.15) is 33.2 Å². The maximum Gasteiger partial charge on any atom is 0.293 e. The van der Waals surface area contributed by atoms with Crippen LogP contribution in [0.2, 0.25) is 0 Å². The highest BCUT2D eigenvalue weighted by Crippen LogP contribution is 2.18. The van der Waals surface area contributed by atoms with Crippen molar-refractivity contribution in [1.82, 2.24) is 9.55 Å². The first kappa shape index (κ1) is 13.1. The zero-order valence-corrected chi connectivity index (χ0v) is 11.2. The third-order valence-electron chi connectivity index (χ3n) is 3.46. The highest BCUT2D eigenvalue weighted by atomic mass is 16.5. The van der Waals surface area contributed by atoms with Crippen molar-refractivity contribution in [2.24, 2.45) is 5.92 Å². The van der Waals surface area contributed by atoms with Gasteiger partial charge in [-0.15, -0.1) is 0 Å². The van der Waals surface area contributed by atoms with E-state index in [0.717, 1.165) is 19.6 Å². The fourth-order valence-corrected chi connectivity index (χ4v) is 2.21. The van der Waals surface area contributed by atoms with Crippen molar-refractivity contribution in [3.05, 3.63) is 22.7 Å². The molecule has 100 valence electrons. The first-order chi connectivity index (χ1) is 8.59.